The second kappa shape index (κ2) is 8.58. The van der Waals surface area contributed by atoms with Gasteiger partial charge in [-0.1, -0.05) is 60.2 Å². The molecule has 0 spiro atoms. The number of piperazine rings is 1. The van der Waals surface area contributed by atoms with E-state index in [-0.39, 0.29) is 17.8 Å². The summed E-state index contributed by atoms with van der Waals surface area (Å²) in [5.41, 5.74) is 4.31. The fourth-order valence-corrected chi connectivity index (χ4v) is 3.96. The molecule has 4 heteroatoms. The fraction of sp³-hybridized carbons (Fsp3) is 0.240. The molecule has 0 bridgehead atoms. The standard InChI is InChI=1S/C25H25FN2O/c1-19-7-9-21(10-8-19)24(20-5-3-2-4-6-20)27-15-17-28(18-16-27)25(29)22-11-13-23(26)14-12-22/h2-14,24H,15-18H2,1H3/t24-/m0/s1. The van der Waals surface area contributed by atoms with Crippen molar-refractivity contribution >= 4 is 5.91 Å². The average molecular weight is 388 g/mol. The van der Waals surface area contributed by atoms with Gasteiger partial charge in [0.15, 0.2) is 0 Å². The van der Waals surface area contributed by atoms with Gasteiger partial charge in [0.25, 0.3) is 5.91 Å². The Labute approximate surface area is 171 Å². The Morgan fingerprint density at radius 1 is 0.793 bits per heavy atom. The van der Waals surface area contributed by atoms with Gasteiger partial charge >= 0.3 is 0 Å². The van der Waals surface area contributed by atoms with Crippen LogP contribution in [0.3, 0.4) is 0 Å². The molecule has 0 aliphatic carbocycles. The van der Waals surface area contributed by atoms with Crippen molar-refractivity contribution in [1.82, 2.24) is 9.80 Å². The maximum Gasteiger partial charge on any atom is 0.253 e. The molecular weight excluding hydrogens is 363 g/mol. The van der Waals surface area contributed by atoms with Crippen molar-refractivity contribution in [2.45, 2.75) is 13.0 Å². The molecule has 0 saturated carbocycles. The number of amides is 1. The molecule has 3 aromatic rings. The monoisotopic (exact) mass is 388 g/mol. The van der Waals surface area contributed by atoms with Crippen LogP contribution in [0.15, 0.2) is 78.9 Å². The van der Waals surface area contributed by atoms with E-state index in [1.165, 1.54) is 28.8 Å². The first-order valence-electron chi connectivity index (χ1n) is 10.0. The Morgan fingerprint density at radius 3 is 2.00 bits per heavy atom. The SMILES string of the molecule is Cc1ccc([C@H](c2ccccc2)N2CCN(C(=O)c3ccc(F)cc3)CC2)cc1. The second-order valence-electron chi connectivity index (χ2n) is 7.56. The molecule has 0 N–H and O–H groups in total. The Hall–Kier alpha value is -2.98. The van der Waals surface area contributed by atoms with E-state index < -0.39 is 0 Å². The smallest absolute Gasteiger partial charge is 0.253 e. The third kappa shape index (κ3) is 4.38. The van der Waals surface area contributed by atoms with Crippen LogP contribution in [0, 0.1) is 12.7 Å². The zero-order valence-corrected chi connectivity index (χ0v) is 16.6. The zero-order valence-electron chi connectivity index (χ0n) is 16.6. The van der Waals surface area contributed by atoms with Crippen LogP contribution in [0.1, 0.15) is 33.1 Å². The highest BCUT2D eigenvalue weighted by Crippen LogP contribution is 2.30. The first-order valence-corrected chi connectivity index (χ1v) is 10.0. The molecule has 3 nitrogen and oxygen atoms in total. The molecule has 1 amide bonds. The molecule has 0 unspecified atom stereocenters. The number of hydrogen-bond donors (Lipinski definition) is 0. The number of carbonyl (C=O) groups is 1. The molecule has 29 heavy (non-hydrogen) atoms. The van der Waals surface area contributed by atoms with E-state index in [1.807, 2.05) is 11.0 Å². The summed E-state index contributed by atoms with van der Waals surface area (Å²) in [6.45, 7) is 5.00. The predicted molar refractivity (Wildman–Crippen MR) is 113 cm³/mol. The van der Waals surface area contributed by atoms with Crippen LogP contribution in [0.25, 0.3) is 0 Å². The van der Waals surface area contributed by atoms with Crippen LogP contribution in [0.5, 0.6) is 0 Å². The number of carbonyl (C=O) groups excluding carboxylic acids is 1. The number of rotatable bonds is 4. The minimum atomic E-state index is -0.324. The molecule has 3 aromatic carbocycles. The van der Waals surface area contributed by atoms with Crippen molar-refractivity contribution < 1.29 is 9.18 Å². The van der Waals surface area contributed by atoms with Crippen LogP contribution >= 0.6 is 0 Å². The van der Waals surface area contributed by atoms with E-state index >= 15 is 0 Å². The van der Waals surface area contributed by atoms with Crippen LogP contribution in [-0.4, -0.2) is 41.9 Å². The van der Waals surface area contributed by atoms with Crippen molar-refractivity contribution in [2.24, 2.45) is 0 Å². The van der Waals surface area contributed by atoms with Gasteiger partial charge in [0.05, 0.1) is 6.04 Å². The summed E-state index contributed by atoms with van der Waals surface area (Å²) in [4.78, 5) is 17.1. The highest BCUT2D eigenvalue weighted by Gasteiger charge is 2.28. The maximum atomic E-state index is 13.1. The maximum absolute atomic E-state index is 13.1. The van der Waals surface area contributed by atoms with Crippen LogP contribution in [-0.2, 0) is 0 Å². The van der Waals surface area contributed by atoms with Gasteiger partial charge in [-0.05, 0) is 42.3 Å². The van der Waals surface area contributed by atoms with Crippen LogP contribution in [0.2, 0.25) is 0 Å². The number of benzene rings is 3. The average Bonchev–Trinajstić information content (AvgIpc) is 2.77. The number of halogens is 1. The summed E-state index contributed by atoms with van der Waals surface area (Å²) in [5.74, 6) is -0.355. The van der Waals surface area contributed by atoms with Gasteiger partial charge in [0.2, 0.25) is 0 Å². The molecule has 1 aliphatic heterocycles. The highest BCUT2D eigenvalue weighted by molar-refractivity contribution is 5.94. The summed E-state index contributed by atoms with van der Waals surface area (Å²) in [7, 11) is 0. The normalized spacial score (nSPS) is 15.9. The molecule has 1 atom stereocenters. The van der Waals surface area contributed by atoms with Gasteiger partial charge < -0.3 is 4.90 Å². The van der Waals surface area contributed by atoms with Gasteiger partial charge in [-0.3, -0.25) is 9.69 Å². The van der Waals surface area contributed by atoms with Crippen LogP contribution < -0.4 is 0 Å². The van der Waals surface area contributed by atoms with Crippen molar-refractivity contribution in [3.05, 3.63) is 107 Å². The molecule has 0 aromatic heterocycles. The van der Waals surface area contributed by atoms with Crippen molar-refractivity contribution in [1.29, 1.82) is 0 Å². The highest BCUT2D eigenvalue weighted by atomic mass is 19.1. The number of hydrogen-bond acceptors (Lipinski definition) is 2. The minimum Gasteiger partial charge on any atom is -0.336 e. The Balaban J connectivity index is 1.51. The van der Waals surface area contributed by atoms with Crippen molar-refractivity contribution in [3.8, 4) is 0 Å². The second-order valence-corrected chi connectivity index (χ2v) is 7.56. The van der Waals surface area contributed by atoms with E-state index in [0.717, 1.165) is 13.1 Å². The molecule has 148 valence electrons. The topological polar surface area (TPSA) is 23.6 Å². The van der Waals surface area contributed by atoms with Gasteiger partial charge in [-0.15, -0.1) is 0 Å². The first-order chi connectivity index (χ1) is 14.1. The van der Waals surface area contributed by atoms with E-state index in [9.17, 15) is 9.18 Å². The lowest BCUT2D eigenvalue weighted by molar-refractivity contribution is 0.0597. The van der Waals surface area contributed by atoms with E-state index in [0.29, 0.717) is 18.7 Å². The summed E-state index contributed by atoms with van der Waals surface area (Å²) in [5, 5.41) is 0. The van der Waals surface area contributed by atoms with E-state index in [1.54, 1.807) is 12.1 Å². The van der Waals surface area contributed by atoms with Gasteiger partial charge in [-0.25, -0.2) is 4.39 Å². The quantitative estimate of drug-likeness (QED) is 0.648. The molecule has 4 rings (SSSR count). The van der Waals surface area contributed by atoms with E-state index in [4.69, 9.17) is 0 Å². The lowest BCUT2D eigenvalue weighted by atomic mass is 9.95. The summed E-state index contributed by atoms with van der Waals surface area (Å²) >= 11 is 0. The van der Waals surface area contributed by atoms with Crippen LogP contribution in [0.4, 0.5) is 4.39 Å². The third-order valence-corrected chi connectivity index (χ3v) is 5.57. The fourth-order valence-electron chi connectivity index (χ4n) is 3.96. The summed E-state index contributed by atoms with van der Waals surface area (Å²) in [6.07, 6.45) is 0. The zero-order chi connectivity index (χ0) is 20.2. The minimum absolute atomic E-state index is 0.0313. The molecule has 0 radical (unpaired) electrons. The largest absolute Gasteiger partial charge is 0.336 e. The van der Waals surface area contributed by atoms with Gasteiger partial charge in [-0.2, -0.15) is 0 Å². The van der Waals surface area contributed by atoms with Crippen molar-refractivity contribution in [2.75, 3.05) is 26.2 Å². The lowest BCUT2D eigenvalue weighted by Crippen LogP contribution is -2.49. The first kappa shape index (κ1) is 19.3. The summed E-state index contributed by atoms with van der Waals surface area (Å²) < 4.78 is 13.1. The number of aryl methyl sites for hydroxylation is 1. The van der Waals surface area contributed by atoms with Gasteiger partial charge in [0.1, 0.15) is 5.82 Å². The predicted octanol–water partition coefficient (Wildman–Crippen LogP) is 4.68. The Kier molecular flexibility index (Phi) is 5.72. The third-order valence-electron chi connectivity index (χ3n) is 5.57. The van der Waals surface area contributed by atoms with Crippen molar-refractivity contribution in [3.63, 3.8) is 0 Å². The van der Waals surface area contributed by atoms with E-state index in [2.05, 4.69) is 60.4 Å². The summed E-state index contributed by atoms with van der Waals surface area (Å²) in [6, 6.07) is 25.2. The molecule has 1 heterocycles. The number of nitrogens with zero attached hydrogens (tertiary/aromatic N) is 2. The molecule has 1 fully saturated rings. The Bertz CT molecular complexity index is 946. The molecular formula is C25H25FN2O. The molecule has 1 saturated heterocycles. The Morgan fingerprint density at radius 2 is 1.38 bits per heavy atom. The molecule has 1 aliphatic rings. The lowest BCUT2D eigenvalue weighted by Gasteiger charge is -2.40. The van der Waals surface area contributed by atoms with Gasteiger partial charge in [0, 0.05) is 31.7 Å².